The average Bonchev–Trinajstić information content (AvgIpc) is 2.82. The van der Waals surface area contributed by atoms with E-state index in [4.69, 9.17) is 11.6 Å². The molecule has 0 aliphatic carbocycles. The molecular weight excluding hydrogens is 380 g/mol. The summed E-state index contributed by atoms with van der Waals surface area (Å²) >= 11 is 7.39. The molecule has 25 heavy (non-hydrogen) atoms. The van der Waals surface area contributed by atoms with Gasteiger partial charge in [0, 0.05) is 18.3 Å². The molecule has 0 saturated carbocycles. The predicted octanol–water partition coefficient (Wildman–Crippen LogP) is 2.97. The molecular formula is C17H15ClN2O3S2. The number of hydrogen-bond acceptors (Lipinski definition) is 4. The van der Waals surface area contributed by atoms with Gasteiger partial charge >= 0.3 is 0 Å². The highest BCUT2D eigenvalue weighted by atomic mass is 35.5. The molecule has 0 saturated heterocycles. The van der Waals surface area contributed by atoms with Gasteiger partial charge in [0.1, 0.15) is 0 Å². The molecule has 0 N–H and O–H groups in total. The van der Waals surface area contributed by atoms with Crippen molar-refractivity contribution >= 4 is 48.9 Å². The first-order valence-electron chi connectivity index (χ1n) is 7.36. The lowest BCUT2D eigenvalue weighted by Gasteiger charge is -2.00. The molecule has 8 heteroatoms. The van der Waals surface area contributed by atoms with Crippen LogP contribution in [0.1, 0.15) is 5.56 Å². The lowest BCUT2D eigenvalue weighted by molar-refractivity contribution is -0.117. The summed E-state index contributed by atoms with van der Waals surface area (Å²) in [5.41, 5.74) is 1.67. The minimum absolute atomic E-state index is 0.110. The zero-order chi connectivity index (χ0) is 18.2. The third-order valence-electron chi connectivity index (χ3n) is 3.70. The van der Waals surface area contributed by atoms with Crippen LogP contribution in [-0.2, 0) is 28.1 Å². The maximum absolute atomic E-state index is 12.2. The van der Waals surface area contributed by atoms with Crippen molar-refractivity contribution in [1.82, 2.24) is 4.57 Å². The van der Waals surface area contributed by atoms with E-state index in [-0.39, 0.29) is 17.2 Å². The van der Waals surface area contributed by atoms with Crippen LogP contribution in [-0.4, -0.2) is 25.1 Å². The van der Waals surface area contributed by atoms with Gasteiger partial charge in [0.05, 0.1) is 21.5 Å². The van der Waals surface area contributed by atoms with Crippen LogP contribution in [0.2, 0.25) is 5.02 Å². The Morgan fingerprint density at radius 3 is 2.52 bits per heavy atom. The fourth-order valence-corrected chi connectivity index (χ4v) is 4.33. The van der Waals surface area contributed by atoms with Crippen LogP contribution in [0.25, 0.3) is 10.2 Å². The number of rotatable bonds is 3. The summed E-state index contributed by atoms with van der Waals surface area (Å²) in [5.74, 6) is -0.291. The molecule has 0 aliphatic rings. The summed E-state index contributed by atoms with van der Waals surface area (Å²) in [5, 5.41) is 0.637. The van der Waals surface area contributed by atoms with Gasteiger partial charge in [0.25, 0.3) is 5.91 Å². The van der Waals surface area contributed by atoms with Crippen molar-refractivity contribution in [3.05, 3.63) is 57.9 Å². The van der Waals surface area contributed by atoms with E-state index < -0.39 is 9.84 Å². The molecule has 0 radical (unpaired) electrons. The zero-order valence-corrected chi connectivity index (χ0v) is 16.0. The van der Waals surface area contributed by atoms with Crippen molar-refractivity contribution in [1.29, 1.82) is 0 Å². The van der Waals surface area contributed by atoms with Crippen molar-refractivity contribution in [2.24, 2.45) is 12.0 Å². The van der Waals surface area contributed by atoms with Crippen LogP contribution in [0.5, 0.6) is 0 Å². The second-order valence-corrected chi connectivity index (χ2v) is 9.12. The molecule has 0 bridgehead atoms. The van der Waals surface area contributed by atoms with Crippen molar-refractivity contribution in [2.45, 2.75) is 11.3 Å². The fraction of sp³-hybridized carbons (Fsp3) is 0.176. The van der Waals surface area contributed by atoms with Crippen LogP contribution < -0.4 is 4.80 Å². The Balaban J connectivity index is 1.87. The fourth-order valence-electron chi connectivity index (χ4n) is 2.39. The summed E-state index contributed by atoms with van der Waals surface area (Å²) in [6.45, 7) is 0. The first-order valence-corrected chi connectivity index (χ1v) is 10.4. The van der Waals surface area contributed by atoms with Gasteiger partial charge in [0.15, 0.2) is 14.6 Å². The molecule has 0 aliphatic heterocycles. The topological polar surface area (TPSA) is 68.5 Å². The van der Waals surface area contributed by atoms with Gasteiger partial charge in [-0.05, 0) is 35.9 Å². The Hall–Kier alpha value is -1.96. The van der Waals surface area contributed by atoms with Crippen molar-refractivity contribution < 1.29 is 13.2 Å². The number of carbonyl (C=O) groups is 1. The lowest BCUT2D eigenvalue weighted by atomic mass is 10.1. The molecule has 130 valence electrons. The van der Waals surface area contributed by atoms with Crippen molar-refractivity contribution in [3.63, 3.8) is 0 Å². The Bertz CT molecular complexity index is 1130. The Kier molecular flexibility index (Phi) is 4.81. The first kappa shape index (κ1) is 17.8. The minimum atomic E-state index is -3.24. The third-order valence-corrected chi connectivity index (χ3v) is 6.16. The van der Waals surface area contributed by atoms with E-state index in [0.29, 0.717) is 15.4 Å². The van der Waals surface area contributed by atoms with Crippen LogP contribution in [0.4, 0.5) is 0 Å². The summed E-state index contributed by atoms with van der Waals surface area (Å²) in [6, 6.07) is 11.8. The standard InChI is InChI=1S/C17H15ClN2O3S2/c1-20-14-8-5-12(18)10-15(14)24-17(20)19-16(21)9-11-3-6-13(7-4-11)25(2,22)23/h3-8,10H,9H2,1-2H3. The maximum Gasteiger partial charge on any atom is 0.252 e. The number of halogens is 1. The summed E-state index contributed by atoms with van der Waals surface area (Å²) in [4.78, 5) is 17.2. The highest BCUT2D eigenvalue weighted by Crippen LogP contribution is 2.21. The highest BCUT2D eigenvalue weighted by molar-refractivity contribution is 7.90. The number of thiazole rings is 1. The molecule has 2 aromatic carbocycles. The minimum Gasteiger partial charge on any atom is -0.319 e. The molecule has 1 aromatic heterocycles. The number of benzene rings is 2. The Morgan fingerprint density at radius 2 is 1.88 bits per heavy atom. The van der Waals surface area contributed by atoms with Crippen molar-refractivity contribution in [3.8, 4) is 0 Å². The average molecular weight is 395 g/mol. The number of aromatic nitrogens is 1. The number of fused-ring (bicyclic) bond motifs is 1. The van der Waals surface area contributed by atoms with E-state index in [1.807, 2.05) is 23.7 Å². The van der Waals surface area contributed by atoms with Crippen LogP contribution in [0, 0.1) is 0 Å². The highest BCUT2D eigenvalue weighted by Gasteiger charge is 2.09. The number of sulfone groups is 1. The molecule has 0 unspecified atom stereocenters. The van der Waals surface area contributed by atoms with Crippen molar-refractivity contribution in [2.75, 3.05) is 6.26 Å². The van der Waals surface area contributed by atoms with Gasteiger partial charge in [-0.1, -0.05) is 35.1 Å². The van der Waals surface area contributed by atoms with Gasteiger partial charge in [-0.15, -0.1) is 0 Å². The van der Waals surface area contributed by atoms with E-state index in [0.717, 1.165) is 16.5 Å². The van der Waals surface area contributed by atoms with E-state index >= 15 is 0 Å². The number of carbonyl (C=O) groups excluding carboxylic acids is 1. The lowest BCUT2D eigenvalue weighted by Crippen LogP contribution is -2.14. The monoisotopic (exact) mass is 394 g/mol. The molecule has 5 nitrogen and oxygen atoms in total. The number of nitrogens with zero attached hydrogens (tertiary/aromatic N) is 2. The molecule has 3 rings (SSSR count). The molecule has 0 fully saturated rings. The largest absolute Gasteiger partial charge is 0.319 e. The smallest absolute Gasteiger partial charge is 0.252 e. The molecule has 0 atom stereocenters. The zero-order valence-electron chi connectivity index (χ0n) is 13.6. The van der Waals surface area contributed by atoms with Gasteiger partial charge in [-0.25, -0.2) is 8.42 Å². The Labute approximate surface area is 154 Å². The quantitative estimate of drug-likeness (QED) is 0.685. The first-order chi connectivity index (χ1) is 11.7. The van der Waals surface area contributed by atoms with Gasteiger partial charge in [0.2, 0.25) is 0 Å². The summed E-state index contributed by atoms with van der Waals surface area (Å²) in [6.07, 6.45) is 1.26. The van der Waals surface area contributed by atoms with E-state index in [9.17, 15) is 13.2 Å². The third kappa shape index (κ3) is 4.00. The van der Waals surface area contributed by atoms with Gasteiger partial charge in [-0.2, -0.15) is 4.99 Å². The SMILES string of the molecule is Cn1c(=NC(=O)Cc2ccc(S(C)(=O)=O)cc2)sc2cc(Cl)ccc21. The molecule has 1 amide bonds. The van der Waals surface area contributed by atoms with Gasteiger partial charge < -0.3 is 4.57 Å². The summed E-state index contributed by atoms with van der Waals surface area (Å²) < 4.78 is 25.7. The van der Waals surface area contributed by atoms with Crippen LogP contribution in [0.15, 0.2) is 52.4 Å². The summed E-state index contributed by atoms with van der Waals surface area (Å²) in [7, 11) is -1.39. The van der Waals surface area contributed by atoms with E-state index in [1.54, 1.807) is 18.2 Å². The normalized spacial score (nSPS) is 12.7. The molecule has 3 aromatic rings. The van der Waals surface area contributed by atoms with E-state index in [1.165, 1.54) is 23.5 Å². The Morgan fingerprint density at radius 1 is 1.20 bits per heavy atom. The molecule has 0 spiro atoms. The van der Waals surface area contributed by atoms with E-state index in [2.05, 4.69) is 4.99 Å². The number of hydrogen-bond donors (Lipinski definition) is 0. The number of aryl methyl sites for hydroxylation is 1. The maximum atomic E-state index is 12.2. The second-order valence-electron chi connectivity index (χ2n) is 5.65. The molecule has 1 heterocycles. The van der Waals surface area contributed by atoms with Gasteiger partial charge in [-0.3, -0.25) is 4.79 Å². The number of amides is 1. The second kappa shape index (κ2) is 6.74. The van der Waals surface area contributed by atoms with Crippen LogP contribution >= 0.6 is 22.9 Å². The predicted molar refractivity (Wildman–Crippen MR) is 99.6 cm³/mol. The van der Waals surface area contributed by atoms with Crippen LogP contribution in [0.3, 0.4) is 0 Å².